The van der Waals surface area contributed by atoms with Gasteiger partial charge in [-0.25, -0.2) is 9.78 Å². The van der Waals surface area contributed by atoms with E-state index in [9.17, 15) is 9.90 Å². The molecule has 0 unspecified atom stereocenters. The van der Waals surface area contributed by atoms with Crippen molar-refractivity contribution in [3.63, 3.8) is 0 Å². The minimum absolute atomic E-state index is 0.0296. The van der Waals surface area contributed by atoms with Crippen molar-refractivity contribution in [3.05, 3.63) is 46.9 Å². The van der Waals surface area contributed by atoms with E-state index in [1.807, 2.05) is 19.1 Å². The average molecular weight is 310 g/mol. The highest BCUT2D eigenvalue weighted by molar-refractivity contribution is 5.87. The number of benzene rings is 1. The molecule has 0 spiro atoms. The Morgan fingerprint density at radius 3 is 2.26 bits per heavy atom. The SMILES string of the molecule is Cc1nc(C)c(-c2ccc(C3CCCCC3)cc2)nc1C(=O)O. The molecule has 1 aliphatic carbocycles. The van der Waals surface area contributed by atoms with Crippen LogP contribution in [0.15, 0.2) is 24.3 Å². The lowest BCUT2D eigenvalue weighted by Gasteiger charge is -2.22. The van der Waals surface area contributed by atoms with Crippen LogP contribution in [0.3, 0.4) is 0 Å². The molecule has 2 aromatic rings. The molecule has 120 valence electrons. The van der Waals surface area contributed by atoms with Crippen LogP contribution >= 0.6 is 0 Å². The molecule has 1 aromatic carbocycles. The predicted octanol–water partition coefficient (Wildman–Crippen LogP) is 4.51. The van der Waals surface area contributed by atoms with Crippen LogP contribution in [0.5, 0.6) is 0 Å². The highest BCUT2D eigenvalue weighted by atomic mass is 16.4. The van der Waals surface area contributed by atoms with Crippen LogP contribution in [0.4, 0.5) is 0 Å². The van der Waals surface area contributed by atoms with Crippen LogP contribution in [0.2, 0.25) is 0 Å². The Hall–Kier alpha value is -2.23. The standard InChI is InChI=1S/C19H22N2O2/c1-12-17(21-18(19(22)23)13(2)20-12)16-10-8-15(9-11-16)14-6-4-3-5-7-14/h8-11,14H,3-7H2,1-2H3,(H,22,23). The maximum atomic E-state index is 11.3. The summed E-state index contributed by atoms with van der Waals surface area (Å²) in [7, 11) is 0. The van der Waals surface area contributed by atoms with E-state index >= 15 is 0 Å². The molecule has 1 aromatic heterocycles. The summed E-state index contributed by atoms with van der Waals surface area (Å²) in [5.74, 6) is -0.368. The Kier molecular flexibility index (Phi) is 4.42. The zero-order valence-electron chi connectivity index (χ0n) is 13.7. The van der Waals surface area contributed by atoms with Crippen molar-refractivity contribution in [2.24, 2.45) is 0 Å². The molecule has 4 heteroatoms. The van der Waals surface area contributed by atoms with Crippen molar-refractivity contribution in [3.8, 4) is 11.3 Å². The molecule has 1 aliphatic rings. The van der Waals surface area contributed by atoms with Gasteiger partial charge in [0, 0.05) is 5.56 Å². The van der Waals surface area contributed by atoms with Crippen molar-refractivity contribution in [1.82, 2.24) is 9.97 Å². The first-order chi connectivity index (χ1) is 11.1. The number of hydrogen-bond donors (Lipinski definition) is 1. The summed E-state index contributed by atoms with van der Waals surface area (Å²) in [6, 6.07) is 8.41. The van der Waals surface area contributed by atoms with E-state index in [0.717, 1.165) is 11.3 Å². The van der Waals surface area contributed by atoms with E-state index in [-0.39, 0.29) is 5.69 Å². The molecule has 0 atom stereocenters. The molecule has 1 saturated carbocycles. The van der Waals surface area contributed by atoms with Gasteiger partial charge in [-0.1, -0.05) is 43.5 Å². The van der Waals surface area contributed by atoms with Gasteiger partial charge in [0.05, 0.1) is 17.1 Å². The van der Waals surface area contributed by atoms with Gasteiger partial charge in [-0.05, 0) is 38.2 Å². The molecule has 0 aliphatic heterocycles. The van der Waals surface area contributed by atoms with Gasteiger partial charge in [0.15, 0.2) is 5.69 Å². The lowest BCUT2D eigenvalue weighted by Crippen LogP contribution is -2.08. The van der Waals surface area contributed by atoms with E-state index in [0.29, 0.717) is 17.3 Å². The fraction of sp³-hybridized carbons (Fsp3) is 0.421. The van der Waals surface area contributed by atoms with E-state index < -0.39 is 5.97 Å². The summed E-state index contributed by atoms with van der Waals surface area (Å²) < 4.78 is 0. The quantitative estimate of drug-likeness (QED) is 0.906. The van der Waals surface area contributed by atoms with Crippen molar-refractivity contribution >= 4 is 5.97 Å². The van der Waals surface area contributed by atoms with Gasteiger partial charge in [-0.2, -0.15) is 0 Å². The smallest absolute Gasteiger partial charge is 0.356 e. The van der Waals surface area contributed by atoms with E-state index in [1.54, 1.807) is 6.92 Å². The average Bonchev–Trinajstić information content (AvgIpc) is 2.56. The molecular weight excluding hydrogens is 288 g/mol. The minimum atomic E-state index is -1.03. The maximum absolute atomic E-state index is 11.3. The number of rotatable bonds is 3. The molecule has 1 fully saturated rings. The number of hydrogen-bond acceptors (Lipinski definition) is 3. The van der Waals surface area contributed by atoms with Crippen LogP contribution in [0.1, 0.15) is 65.5 Å². The van der Waals surface area contributed by atoms with Crippen molar-refractivity contribution in [2.45, 2.75) is 51.9 Å². The molecular formula is C19H22N2O2. The summed E-state index contributed by atoms with van der Waals surface area (Å²) in [4.78, 5) is 19.9. The van der Waals surface area contributed by atoms with E-state index in [2.05, 4.69) is 22.1 Å². The van der Waals surface area contributed by atoms with Gasteiger partial charge in [0.1, 0.15) is 0 Å². The van der Waals surface area contributed by atoms with Gasteiger partial charge in [0.25, 0.3) is 0 Å². The first-order valence-corrected chi connectivity index (χ1v) is 8.25. The Bertz CT molecular complexity index is 717. The van der Waals surface area contributed by atoms with Crippen LogP contribution in [0.25, 0.3) is 11.3 Å². The molecule has 23 heavy (non-hydrogen) atoms. The Balaban J connectivity index is 1.92. The lowest BCUT2D eigenvalue weighted by molar-refractivity contribution is 0.0689. The molecule has 0 bridgehead atoms. The van der Waals surface area contributed by atoms with Gasteiger partial charge in [-0.15, -0.1) is 0 Å². The minimum Gasteiger partial charge on any atom is -0.476 e. The maximum Gasteiger partial charge on any atom is 0.356 e. The predicted molar refractivity (Wildman–Crippen MR) is 89.7 cm³/mol. The number of carboxylic acid groups (broad SMARTS) is 1. The van der Waals surface area contributed by atoms with Crippen molar-refractivity contribution < 1.29 is 9.90 Å². The van der Waals surface area contributed by atoms with Gasteiger partial charge < -0.3 is 5.11 Å². The first-order valence-electron chi connectivity index (χ1n) is 8.25. The normalized spacial score (nSPS) is 15.6. The Morgan fingerprint density at radius 2 is 1.65 bits per heavy atom. The molecule has 0 radical (unpaired) electrons. The number of aromatic nitrogens is 2. The summed E-state index contributed by atoms with van der Waals surface area (Å²) in [5.41, 5.74) is 4.21. The molecule has 3 rings (SSSR count). The molecule has 1 heterocycles. The summed E-state index contributed by atoms with van der Waals surface area (Å²) in [5, 5.41) is 9.24. The molecule has 0 amide bonds. The molecule has 1 N–H and O–H groups in total. The fourth-order valence-corrected chi connectivity index (χ4v) is 3.46. The monoisotopic (exact) mass is 310 g/mol. The van der Waals surface area contributed by atoms with Crippen LogP contribution in [-0.2, 0) is 0 Å². The van der Waals surface area contributed by atoms with Crippen molar-refractivity contribution in [2.75, 3.05) is 0 Å². The van der Waals surface area contributed by atoms with Gasteiger partial charge in [0.2, 0.25) is 0 Å². The number of aryl methyl sites for hydroxylation is 2. The van der Waals surface area contributed by atoms with Gasteiger partial charge >= 0.3 is 5.97 Å². The second-order valence-corrected chi connectivity index (χ2v) is 6.35. The summed E-state index contributed by atoms with van der Waals surface area (Å²) in [6.45, 7) is 3.55. The third-order valence-corrected chi connectivity index (χ3v) is 4.71. The highest BCUT2D eigenvalue weighted by Crippen LogP contribution is 2.33. The fourth-order valence-electron chi connectivity index (χ4n) is 3.46. The third-order valence-electron chi connectivity index (χ3n) is 4.71. The zero-order valence-corrected chi connectivity index (χ0v) is 13.7. The largest absolute Gasteiger partial charge is 0.476 e. The number of aromatic carboxylic acids is 1. The van der Waals surface area contributed by atoms with Crippen LogP contribution in [-0.4, -0.2) is 21.0 Å². The topological polar surface area (TPSA) is 63.1 Å². The second-order valence-electron chi connectivity index (χ2n) is 6.35. The van der Waals surface area contributed by atoms with Crippen LogP contribution < -0.4 is 0 Å². The Labute approximate surface area is 136 Å². The second kappa shape index (κ2) is 6.49. The summed E-state index contributed by atoms with van der Waals surface area (Å²) in [6.07, 6.45) is 6.52. The number of carbonyl (C=O) groups is 1. The first kappa shape index (κ1) is 15.7. The molecule has 4 nitrogen and oxygen atoms in total. The highest BCUT2D eigenvalue weighted by Gasteiger charge is 2.17. The zero-order chi connectivity index (χ0) is 16.4. The summed E-state index contributed by atoms with van der Waals surface area (Å²) >= 11 is 0. The van der Waals surface area contributed by atoms with E-state index in [1.165, 1.54) is 37.7 Å². The number of carboxylic acids is 1. The number of nitrogens with zero attached hydrogens (tertiary/aromatic N) is 2. The van der Waals surface area contributed by atoms with Crippen LogP contribution in [0, 0.1) is 13.8 Å². The molecule has 0 saturated heterocycles. The van der Waals surface area contributed by atoms with E-state index in [4.69, 9.17) is 0 Å². The Morgan fingerprint density at radius 1 is 1.00 bits per heavy atom. The third kappa shape index (κ3) is 3.26. The van der Waals surface area contributed by atoms with Gasteiger partial charge in [-0.3, -0.25) is 4.98 Å². The van der Waals surface area contributed by atoms with Crippen molar-refractivity contribution in [1.29, 1.82) is 0 Å². The lowest BCUT2D eigenvalue weighted by atomic mass is 9.84.